The molecule has 0 saturated carbocycles. The van der Waals surface area contributed by atoms with Crippen LogP contribution in [0.2, 0.25) is 0 Å². The molecule has 0 aliphatic heterocycles. The second-order valence-corrected chi connectivity index (χ2v) is 8.99. The fourth-order valence-corrected chi connectivity index (χ4v) is 3.04. The minimum absolute atomic E-state index is 0.00592. The first-order valence-electron chi connectivity index (χ1n) is 10.9. The average molecular weight is 475 g/mol. The number of aliphatic hydroxyl groups is 1. The highest BCUT2D eigenvalue weighted by Crippen LogP contribution is 2.09. The average Bonchev–Trinajstić information content (AvgIpc) is 2.66. The van der Waals surface area contributed by atoms with E-state index in [4.69, 9.17) is 10.8 Å². The summed E-state index contributed by atoms with van der Waals surface area (Å²) >= 11 is 0. The van der Waals surface area contributed by atoms with Crippen molar-refractivity contribution in [1.29, 1.82) is 0 Å². The van der Waals surface area contributed by atoms with E-state index in [2.05, 4.69) is 16.0 Å². The maximum atomic E-state index is 12.9. The molecular weight excluding hydrogens is 436 g/mol. The number of aliphatic hydroxyl groups excluding tert-OH is 1. The Morgan fingerprint density at radius 2 is 1.27 bits per heavy atom. The van der Waals surface area contributed by atoms with E-state index in [0.717, 1.165) is 0 Å². The number of nitrogens with one attached hydrogen (secondary N) is 3. The highest BCUT2D eigenvalue weighted by atomic mass is 16.4. The summed E-state index contributed by atoms with van der Waals surface area (Å²) in [6, 6.07) is -4.91. The second-order valence-electron chi connectivity index (χ2n) is 8.99. The van der Waals surface area contributed by atoms with Crippen molar-refractivity contribution in [3.63, 3.8) is 0 Å². The van der Waals surface area contributed by atoms with Gasteiger partial charge in [0.2, 0.25) is 17.7 Å². The van der Waals surface area contributed by atoms with E-state index in [9.17, 15) is 34.2 Å². The fourth-order valence-electron chi connectivity index (χ4n) is 3.04. The van der Waals surface area contributed by atoms with Crippen molar-refractivity contribution in [2.75, 3.05) is 0 Å². The van der Waals surface area contributed by atoms with Gasteiger partial charge in [-0.25, -0.2) is 4.79 Å². The molecular formula is C21H38N4O8. The van der Waals surface area contributed by atoms with Crippen LogP contribution in [0.15, 0.2) is 0 Å². The fraction of sp³-hybridized carbons (Fsp3) is 0.762. The van der Waals surface area contributed by atoms with Gasteiger partial charge < -0.3 is 37.0 Å². The first kappa shape index (κ1) is 30.3. The Kier molecular flexibility index (Phi) is 13.2. The topological polar surface area (TPSA) is 208 Å². The lowest BCUT2D eigenvalue weighted by molar-refractivity contribution is -0.144. The van der Waals surface area contributed by atoms with Gasteiger partial charge in [0.05, 0.1) is 12.1 Å². The van der Waals surface area contributed by atoms with E-state index in [-0.39, 0.29) is 24.7 Å². The molecule has 5 unspecified atom stereocenters. The number of carbonyl (C=O) groups excluding carboxylic acids is 3. The van der Waals surface area contributed by atoms with E-state index in [0.29, 0.717) is 6.42 Å². The molecule has 0 aromatic rings. The van der Waals surface area contributed by atoms with Crippen LogP contribution in [0.4, 0.5) is 0 Å². The Labute approximate surface area is 193 Å². The van der Waals surface area contributed by atoms with Crippen LogP contribution in [0, 0.1) is 11.8 Å². The van der Waals surface area contributed by atoms with Crippen LogP contribution in [0.25, 0.3) is 0 Å². The second kappa shape index (κ2) is 14.4. The molecule has 190 valence electrons. The minimum atomic E-state index is -1.53. The zero-order valence-electron chi connectivity index (χ0n) is 19.8. The van der Waals surface area contributed by atoms with Crippen molar-refractivity contribution >= 4 is 29.7 Å². The van der Waals surface area contributed by atoms with Crippen LogP contribution in [-0.2, 0) is 24.0 Å². The highest BCUT2D eigenvalue weighted by Gasteiger charge is 2.33. The van der Waals surface area contributed by atoms with Crippen LogP contribution in [-0.4, -0.2) is 75.3 Å². The Hall–Kier alpha value is -2.73. The van der Waals surface area contributed by atoms with Crippen molar-refractivity contribution in [1.82, 2.24) is 16.0 Å². The third-order valence-electron chi connectivity index (χ3n) is 4.73. The predicted octanol–water partition coefficient (Wildman–Crippen LogP) is -0.809. The lowest BCUT2D eigenvalue weighted by atomic mass is 10.00. The third-order valence-corrected chi connectivity index (χ3v) is 4.73. The summed E-state index contributed by atoms with van der Waals surface area (Å²) in [5.74, 6) is -4.80. The predicted molar refractivity (Wildman–Crippen MR) is 119 cm³/mol. The smallest absolute Gasteiger partial charge is 0.326 e. The Balaban J connectivity index is 5.41. The van der Waals surface area contributed by atoms with E-state index >= 15 is 0 Å². The molecule has 0 rings (SSSR count). The van der Waals surface area contributed by atoms with Crippen LogP contribution in [0.1, 0.15) is 60.3 Å². The molecule has 12 nitrogen and oxygen atoms in total. The van der Waals surface area contributed by atoms with Crippen LogP contribution in [0.3, 0.4) is 0 Å². The van der Waals surface area contributed by atoms with Gasteiger partial charge in [0.1, 0.15) is 18.1 Å². The summed E-state index contributed by atoms with van der Waals surface area (Å²) in [6.07, 6.45) is -1.63. The van der Waals surface area contributed by atoms with Gasteiger partial charge in [-0.3, -0.25) is 19.2 Å². The summed E-state index contributed by atoms with van der Waals surface area (Å²) in [6.45, 7) is 8.70. The quantitative estimate of drug-likeness (QED) is 0.158. The molecule has 0 aliphatic rings. The molecule has 3 amide bonds. The SMILES string of the molecule is CC(C)CC(N)C(=O)NC(CC(C)C)C(=O)NC(C(=O)NC(CCC(=O)O)C(=O)O)C(C)O. The van der Waals surface area contributed by atoms with Crippen molar-refractivity contribution in [2.24, 2.45) is 17.6 Å². The highest BCUT2D eigenvalue weighted by molar-refractivity contribution is 5.94. The molecule has 0 fully saturated rings. The molecule has 0 heterocycles. The number of rotatable bonds is 15. The summed E-state index contributed by atoms with van der Waals surface area (Å²) in [4.78, 5) is 59.9. The molecule has 0 aliphatic carbocycles. The van der Waals surface area contributed by atoms with Crippen LogP contribution < -0.4 is 21.7 Å². The number of hydrogen-bond acceptors (Lipinski definition) is 7. The molecule has 0 aromatic carbocycles. The third kappa shape index (κ3) is 12.2. The number of hydrogen-bond donors (Lipinski definition) is 7. The standard InChI is InChI=1S/C21H38N4O8/c1-10(2)8-13(22)18(29)24-15(9-11(3)4)19(30)25-17(12(5)26)20(31)23-14(21(32)33)6-7-16(27)28/h10-15,17,26H,6-9,22H2,1-5H3,(H,23,31)(H,24,29)(H,25,30)(H,27,28)(H,32,33). The van der Waals surface area contributed by atoms with Crippen molar-refractivity contribution in [3.05, 3.63) is 0 Å². The Morgan fingerprint density at radius 1 is 0.758 bits per heavy atom. The van der Waals surface area contributed by atoms with Gasteiger partial charge in [-0.15, -0.1) is 0 Å². The summed E-state index contributed by atoms with van der Waals surface area (Å²) < 4.78 is 0. The lowest BCUT2D eigenvalue weighted by Gasteiger charge is -2.27. The van der Waals surface area contributed by atoms with E-state index < -0.39 is 66.4 Å². The first-order chi connectivity index (χ1) is 15.1. The first-order valence-corrected chi connectivity index (χ1v) is 10.9. The summed E-state index contributed by atoms with van der Waals surface area (Å²) in [5.41, 5.74) is 5.88. The van der Waals surface area contributed by atoms with Gasteiger partial charge in [0, 0.05) is 6.42 Å². The molecule has 0 saturated heterocycles. The molecule has 12 heteroatoms. The molecule has 0 radical (unpaired) electrons. The van der Waals surface area contributed by atoms with E-state index in [1.54, 1.807) is 0 Å². The molecule has 33 heavy (non-hydrogen) atoms. The van der Waals surface area contributed by atoms with Crippen LogP contribution in [0.5, 0.6) is 0 Å². The number of carboxylic acids is 2. The van der Waals surface area contributed by atoms with E-state index in [1.807, 2.05) is 27.7 Å². The number of carbonyl (C=O) groups is 5. The number of aliphatic carboxylic acids is 2. The van der Waals surface area contributed by atoms with Crippen molar-refractivity contribution < 1.29 is 39.3 Å². The van der Waals surface area contributed by atoms with Gasteiger partial charge in [0.15, 0.2) is 0 Å². The Morgan fingerprint density at radius 3 is 1.70 bits per heavy atom. The van der Waals surface area contributed by atoms with Gasteiger partial charge in [-0.1, -0.05) is 27.7 Å². The maximum absolute atomic E-state index is 12.9. The molecule has 8 N–H and O–H groups in total. The minimum Gasteiger partial charge on any atom is -0.481 e. The number of amides is 3. The molecule has 5 atom stereocenters. The molecule has 0 bridgehead atoms. The largest absolute Gasteiger partial charge is 0.481 e. The number of nitrogens with two attached hydrogens (primary N) is 1. The Bertz CT molecular complexity index is 696. The van der Waals surface area contributed by atoms with Gasteiger partial charge >= 0.3 is 11.9 Å². The summed E-state index contributed by atoms with van der Waals surface area (Å²) in [5, 5.41) is 35.0. The van der Waals surface area contributed by atoms with Gasteiger partial charge in [0.25, 0.3) is 0 Å². The normalized spacial score (nSPS) is 15.8. The maximum Gasteiger partial charge on any atom is 0.326 e. The summed E-state index contributed by atoms with van der Waals surface area (Å²) in [7, 11) is 0. The van der Waals surface area contributed by atoms with E-state index in [1.165, 1.54) is 6.92 Å². The van der Waals surface area contributed by atoms with Crippen LogP contribution >= 0.6 is 0 Å². The molecule has 0 aromatic heterocycles. The van der Waals surface area contributed by atoms with Crippen molar-refractivity contribution in [2.45, 2.75) is 90.6 Å². The molecule has 0 spiro atoms. The van der Waals surface area contributed by atoms with Gasteiger partial charge in [-0.05, 0) is 38.0 Å². The van der Waals surface area contributed by atoms with Crippen molar-refractivity contribution in [3.8, 4) is 0 Å². The zero-order chi connectivity index (χ0) is 25.9. The van der Waals surface area contributed by atoms with Gasteiger partial charge in [-0.2, -0.15) is 0 Å². The lowest BCUT2D eigenvalue weighted by Crippen LogP contribution is -2.60. The zero-order valence-corrected chi connectivity index (χ0v) is 19.8. The number of carboxylic acid groups (broad SMARTS) is 2. The monoisotopic (exact) mass is 474 g/mol.